The van der Waals surface area contributed by atoms with E-state index in [0.717, 1.165) is 37.7 Å². The second-order valence-corrected chi connectivity index (χ2v) is 4.52. The molecular formula is C14H20N2O3. The first-order chi connectivity index (χ1) is 9.27. The summed E-state index contributed by atoms with van der Waals surface area (Å²) in [6.45, 7) is 0. The third-order valence-electron chi connectivity index (χ3n) is 3.07. The highest BCUT2D eigenvalue weighted by atomic mass is 16.5. The molecule has 0 radical (unpaired) electrons. The number of nitrogens with zero attached hydrogens (tertiary/aromatic N) is 1. The number of nitrogens with one attached hydrogen (secondary N) is 1. The van der Waals surface area contributed by atoms with Gasteiger partial charge >= 0.3 is 0 Å². The second-order valence-electron chi connectivity index (χ2n) is 4.52. The third-order valence-corrected chi connectivity index (χ3v) is 3.07. The molecule has 0 heterocycles. The molecule has 0 aromatic heterocycles. The van der Waals surface area contributed by atoms with Crippen LogP contribution in [0.5, 0.6) is 0 Å². The van der Waals surface area contributed by atoms with E-state index < -0.39 is 0 Å². The van der Waals surface area contributed by atoms with Crippen molar-refractivity contribution in [3.05, 3.63) is 40.8 Å². The zero-order chi connectivity index (χ0) is 13.9. The van der Waals surface area contributed by atoms with Crippen molar-refractivity contribution >= 4 is 5.91 Å². The van der Waals surface area contributed by atoms with Gasteiger partial charge in [-0.15, -0.1) is 0 Å². The zero-order valence-electron chi connectivity index (χ0n) is 10.9. The van der Waals surface area contributed by atoms with Crippen molar-refractivity contribution in [1.82, 2.24) is 5.48 Å². The minimum absolute atomic E-state index is 0.276. The van der Waals surface area contributed by atoms with Crippen LogP contribution in [0.1, 0.15) is 50.1 Å². The summed E-state index contributed by atoms with van der Waals surface area (Å²) in [7, 11) is 0. The van der Waals surface area contributed by atoms with E-state index in [1.807, 2.05) is 30.3 Å². The average Bonchev–Trinajstić information content (AvgIpc) is 2.47. The van der Waals surface area contributed by atoms with E-state index in [1.54, 1.807) is 5.48 Å². The van der Waals surface area contributed by atoms with Crippen LogP contribution in [0.25, 0.3) is 0 Å². The molecule has 0 aliphatic heterocycles. The second kappa shape index (κ2) is 9.22. The van der Waals surface area contributed by atoms with Gasteiger partial charge < -0.3 is 0 Å². The van der Waals surface area contributed by atoms with Gasteiger partial charge in [0, 0.05) is 6.42 Å². The molecule has 1 amide bonds. The fourth-order valence-electron chi connectivity index (χ4n) is 1.99. The Balaban J connectivity index is 2.17. The van der Waals surface area contributed by atoms with E-state index >= 15 is 0 Å². The molecular weight excluding hydrogens is 244 g/mol. The van der Waals surface area contributed by atoms with Crippen LogP contribution in [0.4, 0.5) is 0 Å². The van der Waals surface area contributed by atoms with Gasteiger partial charge in [-0.3, -0.25) is 10.0 Å². The lowest BCUT2D eigenvalue weighted by Gasteiger charge is -2.08. The number of hydrogen-bond acceptors (Lipinski definition) is 4. The summed E-state index contributed by atoms with van der Waals surface area (Å²) in [4.78, 5) is 21.6. The molecule has 5 heteroatoms. The molecule has 2 N–H and O–H groups in total. The normalized spacial score (nSPS) is 11.8. The fourth-order valence-corrected chi connectivity index (χ4v) is 1.99. The van der Waals surface area contributed by atoms with Crippen molar-refractivity contribution in [2.45, 2.75) is 44.6 Å². The van der Waals surface area contributed by atoms with Gasteiger partial charge in [0.15, 0.2) is 0 Å². The number of hydrogen-bond donors (Lipinski definition) is 2. The largest absolute Gasteiger partial charge is 0.289 e. The highest BCUT2D eigenvalue weighted by molar-refractivity contribution is 5.74. The number of hydroxylamine groups is 1. The predicted octanol–water partition coefficient (Wildman–Crippen LogP) is 3.34. The van der Waals surface area contributed by atoms with Crippen LogP contribution in [0.2, 0.25) is 0 Å². The molecule has 104 valence electrons. The summed E-state index contributed by atoms with van der Waals surface area (Å²) in [5.41, 5.74) is 2.57. The summed E-state index contributed by atoms with van der Waals surface area (Å²) in [5.74, 6) is -0.350. The number of benzene rings is 1. The quantitative estimate of drug-likeness (QED) is 0.311. The Morgan fingerprint density at radius 3 is 2.47 bits per heavy atom. The van der Waals surface area contributed by atoms with E-state index in [1.165, 1.54) is 0 Å². The number of amides is 1. The zero-order valence-corrected chi connectivity index (χ0v) is 10.9. The Labute approximate surface area is 113 Å². The molecule has 1 unspecified atom stereocenters. The van der Waals surface area contributed by atoms with Gasteiger partial charge in [-0.1, -0.05) is 54.8 Å². The Bertz CT molecular complexity index is 382. The van der Waals surface area contributed by atoms with E-state index in [2.05, 4.69) is 5.18 Å². The SMILES string of the molecule is O=NC(CCCCCCC(=O)NO)c1ccccc1. The van der Waals surface area contributed by atoms with Crippen molar-refractivity contribution in [2.24, 2.45) is 5.18 Å². The molecule has 19 heavy (non-hydrogen) atoms. The van der Waals surface area contributed by atoms with Crippen molar-refractivity contribution in [3.63, 3.8) is 0 Å². The van der Waals surface area contributed by atoms with Gasteiger partial charge in [0.25, 0.3) is 0 Å². The molecule has 0 bridgehead atoms. The molecule has 0 aliphatic rings. The Hall–Kier alpha value is -1.75. The summed E-state index contributed by atoms with van der Waals surface area (Å²) in [6.07, 6.45) is 4.60. The molecule has 0 fully saturated rings. The number of carbonyl (C=O) groups is 1. The molecule has 1 aromatic rings. The van der Waals surface area contributed by atoms with Crippen LogP contribution in [0.3, 0.4) is 0 Å². The third kappa shape index (κ3) is 6.10. The lowest BCUT2D eigenvalue weighted by Crippen LogP contribution is -2.17. The van der Waals surface area contributed by atoms with Gasteiger partial charge in [-0.2, -0.15) is 4.91 Å². The molecule has 0 saturated carbocycles. The van der Waals surface area contributed by atoms with Crippen LogP contribution >= 0.6 is 0 Å². The van der Waals surface area contributed by atoms with Crippen LogP contribution in [0, 0.1) is 4.91 Å². The van der Waals surface area contributed by atoms with Crippen LogP contribution in [0.15, 0.2) is 35.5 Å². The molecule has 0 spiro atoms. The lowest BCUT2D eigenvalue weighted by atomic mass is 10.0. The highest BCUT2D eigenvalue weighted by Crippen LogP contribution is 2.23. The minimum Gasteiger partial charge on any atom is -0.289 e. The monoisotopic (exact) mass is 264 g/mol. The Morgan fingerprint density at radius 2 is 1.84 bits per heavy atom. The first kappa shape index (κ1) is 15.3. The standard InChI is InChI=1S/C14H20N2O3/c17-14(16-19)11-7-2-1-6-10-13(15-18)12-8-4-3-5-9-12/h3-5,8-9,13,19H,1-2,6-7,10-11H2,(H,16,17). The van der Waals surface area contributed by atoms with Crippen LogP contribution in [-0.4, -0.2) is 11.1 Å². The smallest absolute Gasteiger partial charge is 0.243 e. The maximum Gasteiger partial charge on any atom is 0.243 e. The summed E-state index contributed by atoms with van der Waals surface area (Å²) in [6, 6.07) is 9.27. The first-order valence-corrected chi connectivity index (χ1v) is 6.58. The molecule has 1 rings (SSSR count). The maximum absolute atomic E-state index is 10.8. The van der Waals surface area contributed by atoms with Gasteiger partial charge in [0.1, 0.15) is 6.04 Å². The summed E-state index contributed by atoms with van der Waals surface area (Å²) >= 11 is 0. The van der Waals surface area contributed by atoms with Crippen molar-refractivity contribution < 1.29 is 10.0 Å². The van der Waals surface area contributed by atoms with Gasteiger partial charge in [-0.25, -0.2) is 5.48 Å². The molecule has 1 atom stereocenters. The lowest BCUT2D eigenvalue weighted by molar-refractivity contribution is -0.129. The van der Waals surface area contributed by atoms with E-state index in [4.69, 9.17) is 5.21 Å². The molecule has 5 nitrogen and oxygen atoms in total. The maximum atomic E-state index is 10.8. The van der Waals surface area contributed by atoms with Crippen molar-refractivity contribution in [3.8, 4) is 0 Å². The number of carbonyl (C=O) groups excluding carboxylic acids is 1. The first-order valence-electron chi connectivity index (χ1n) is 6.58. The molecule has 1 aromatic carbocycles. The summed E-state index contributed by atoms with van der Waals surface area (Å²) < 4.78 is 0. The topological polar surface area (TPSA) is 78.8 Å². The average molecular weight is 264 g/mol. The van der Waals surface area contributed by atoms with Gasteiger partial charge in [0.05, 0.1) is 0 Å². The summed E-state index contributed by atoms with van der Waals surface area (Å²) in [5, 5.41) is 11.5. The minimum atomic E-state index is -0.350. The van der Waals surface area contributed by atoms with Crippen molar-refractivity contribution in [2.75, 3.05) is 0 Å². The van der Waals surface area contributed by atoms with Crippen molar-refractivity contribution in [1.29, 1.82) is 0 Å². The molecule has 0 aliphatic carbocycles. The van der Waals surface area contributed by atoms with E-state index in [0.29, 0.717) is 6.42 Å². The highest BCUT2D eigenvalue weighted by Gasteiger charge is 2.10. The van der Waals surface area contributed by atoms with E-state index in [9.17, 15) is 9.70 Å². The van der Waals surface area contributed by atoms with E-state index in [-0.39, 0.29) is 11.9 Å². The number of unbranched alkanes of at least 4 members (excludes halogenated alkanes) is 3. The van der Waals surface area contributed by atoms with Gasteiger partial charge in [-0.05, 0) is 18.4 Å². The Morgan fingerprint density at radius 1 is 1.16 bits per heavy atom. The fraction of sp³-hybridized carbons (Fsp3) is 0.500. The number of rotatable bonds is 9. The number of nitroso groups, excluding NO2 is 1. The Kier molecular flexibility index (Phi) is 7.43. The molecule has 0 saturated heterocycles. The van der Waals surface area contributed by atoms with Crippen LogP contribution in [-0.2, 0) is 4.79 Å². The van der Waals surface area contributed by atoms with Gasteiger partial charge in [0.2, 0.25) is 5.91 Å². The van der Waals surface area contributed by atoms with Crippen LogP contribution < -0.4 is 5.48 Å². The predicted molar refractivity (Wildman–Crippen MR) is 72.6 cm³/mol.